The number of halogens is 1. The third-order valence-corrected chi connectivity index (χ3v) is 11.1. The largest absolute Gasteiger partial charge is 0.503 e. The minimum absolute atomic E-state index is 0.00245. The Balaban J connectivity index is 1.46. The van der Waals surface area contributed by atoms with E-state index in [4.69, 9.17) is 16.3 Å². The first-order valence-electron chi connectivity index (χ1n) is 16.3. The molecule has 3 aromatic carbocycles. The van der Waals surface area contributed by atoms with Crippen LogP contribution in [-0.2, 0) is 29.4 Å². The average Bonchev–Trinajstić information content (AvgIpc) is 3.35. The van der Waals surface area contributed by atoms with Crippen LogP contribution < -0.4 is 4.74 Å². The zero-order chi connectivity index (χ0) is 34.6. The van der Waals surface area contributed by atoms with Gasteiger partial charge in [0, 0.05) is 30.4 Å². The normalized spacial score (nSPS) is 27.6. The van der Waals surface area contributed by atoms with Gasteiger partial charge in [-0.2, -0.15) is 0 Å². The summed E-state index contributed by atoms with van der Waals surface area (Å²) in [6.07, 6.45) is 3.69. The summed E-state index contributed by atoms with van der Waals surface area (Å²) in [5.74, 6) is -6.26. The lowest BCUT2D eigenvalue weighted by Gasteiger charge is -2.55. The Morgan fingerprint density at radius 3 is 2.35 bits per heavy atom. The standard InChI is InChI=1S/C39H34ClNO8/c1-49-30-18-22(17-29(40)36(30)46)34-24-14-15-25-33(38(48)41(37(25)47)16-8-13-32(43)44)27(24)19-28-35(45)26(21-9-4-2-5-10-21)20-31(42)39(28,34)23-11-6-3-7-12-23/h2-7,9-12,14,17-18,20,25,27-28,33-34,46H,8,13,15-16,19H2,1H3,(H,43,44)/t25-,27+,28-,33-,34-,39-/m0/s1. The number of aliphatic carboxylic acids is 1. The van der Waals surface area contributed by atoms with E-state index in [9.17, 15) is 29.4 Å². The van der Waals surface area contributed by atoms with Gasteiger partial charge in [0.2, 0.25) is 11.8 Å². The first-order chi connectivity index (χ1) is 23.6. The van der Waals surface area contributed by atoms with Gasteiger partial charge in [-0.3, -0.25) is 28.9 Å². The Hall–Kier alpha value is -5.02. The number of ketones is 2. The highest BCUT2D eigenvalue weighted by molar-refractivity contribution is 6.33. The molecule has 3 aliphatic carbocycles. The fourth-order valence-electron chi connectivity index (χ4n) is 8.84. The van der Waals surface area contributed by atoms with Crippen molar-refractivity contribution in [2.45, 2.75) is 37.0 Å². The summed E-state index contributed by atoms with van der Waals surface area (Å²) >= 11 is 6.59. The van der Waals surface area contributed by atoms with Crippen LogP contribution in [0.15, 0.2) is 90.5 Å². The number of ether oxygens (including phenoxy) is 1. The van der Waals surface area contributed by atoms with Crippen molar-refractivity contribution >= 4 is 46.5 Å². The van der Waals surface area contributed by atoms with Gasteiger partial charge in [0.1, 0.15) is 0 Å². The molecule has 0 radical (unpaired) electrons. The van der Waals surface area contributed by atoms with Crippen molar-refractivity contribution in [1.29, 1.82) is 0 Å². The molecule has 0 spiro atoms. The van der Waals surface area contributed by atoms with Gasteiger partial charge in [-0.05, 0) is 60.1 Å². The van der Waals surface area contributed by atoms with Crippen LogP contribution in [0, 0.1) is 23.7 Å². The van der Waals surface area contributed by atoms with Gasteiger partial charge in [0.05, 0.1) is 29.4 Å². The van der Waals surface area contributed by atoms with Gasteiger partial charge in [0.25, 0.3) is 0 Å². The van der Waals surface area contributed by atoms with Gasteiger partial charge in [-0.1, -0.05) is 83.9 Å². The Morgan fingerprint density at radius 1 is 0.980 bits per heavy atom. The molecule has 10 heteroatoms. The van der Waals surface area contributed by atoms with Gasteiger partial charge in [-0.25, -0.2) is 0 Å². The van der Waals surface area contributed by atoms with Crippen molar-refractivity contribution < 1.29 is 38.9 Å². The Morgan fingerprint density at radius 2 is 1.67 bits per heavy atom. The number of carbonyl (C=O) groups is 5. The fourth-order valence-corrected chi connectivity index (χ4v) is 9.06. The second kappa shape index (κ2) is 12.5. The van der Waals surface area contributed by atoms with E-state index in [0.29, 0.717) is 16.7 Å². The number of aromatic hydroxyl groups is 1. The predicted octanol–water partition coefficient (Wildman–Crippen LogP) is 5.74. The second-order valence-electron chi connectivity index (χ2n) is 13.2. The SMILES string of the molecule is COc1cc([C@H]2C3=CC[C@@H]4C(=O)N(CCCC(=O)O)C(=O)[C@@H]4[C@@H]3C[C@H]3C(=O)C(c4ccccc4)=CC(=O)[C@@]23c2ccccc2)cc(Cl)c1O. The molecule has 1 saturated heterocycles. The smallest absolute Gasteiger partial charge is 0.303 e. The molecule has 7 rings (SSSR count). The summed E-state index contributed by atoms with van der Waals surface area (Å²) in [6.45, 7) is -0.0110. The monoisotopic (exact) mass is 679 g/mol. The third kappa shape index (κ3) is 5.01. The Bertz CT molecular complexity index is 1950. The molecule has 6 atom stereocenters. The van der Waals surface area contributed by atoms with Crippen LogP contribution in [-0.4, -0.2) is 58.1 Å². The van der Waals surface area contributed by atoms with Crippen LogP contribution in [0.25, 0.3) is 5.57 Å². The molecule has 1 saturated carbocycles. The molecule has 2 amide bonds. The number of phenolic OH excluding ortho intramolecular Hbond substituents is 1. The van der Waals surface area contributed by atoms with E-state index >= 15 is 4.79 Å². The summed E-state index contributed by atoms with van der Waals surface area (Å²) in [5, 5.41) is 19.9. The molecule has 2 fully saturated rings. The molecule has 1 aliphatic heterocycles. The minimum atomic E-state index is -1.45. The van der Waals surface area contributed by atoms with Gasteiger partial charge >= 0.3 is 5.97 Å². The van der Waals surface area contributed by atoms with Crippen molar-refractivity contribution in [3.8, 4) is 11.5 Å². The van der Waals surface area contributed by atoms with Crippen molar-refractivity contribution in [3.63, 3.8) is 0 Å². The number of rotatable bonds is 8. The van der Waals surface area contributed by atoms with E-state index in [-0.39, 0.29) is 71.8 Å². The van der Waals surface area contributed by atoms with E-state index in [0.717, 1.165) is 5.57 Å². The molecule has 9 nitrogen and oxygen atoms in total. The molecule has 49 heavy (non-hydrogen) atoms. The summed E-state index contributed by atoms with van der Waals surface area (Å²) in [5.41, 5.74) is 1.33. The summed E-state index contributed by atoms with van der Waals surface area (Å²) < 4.78 is 5.49. The molecular weight excluding hydrogens is 646 g/mol. The van der Waals surface area contributed by atoms with Crippen LogP contribution in [0.5, 0.6) is 11.5 Å². The molecule has 0 bridgehead atoms. The number of hydrogen-bond acceptors (Lipinski definition) is 7. The van der Waals surface area contributed by atoms with E-state index < -0.39 is 46.9 Å². The lowest BCUT2D eigenvalue weighted by molar-refractivity contribution is -0.142. The average molecular weight is 680 g/mol. The molecule has 3 aromatic rings. The highest BCUT2D eigenvalue weighted by Crippen LogP contribution is 2.64. The maximum absolute atomic E-state index is 15.1. The quantitative estimate of drug-likeness (QED) is 0.227. The number of carbonyl (C=O) groups excluding carboxylic acids is 4. The number of phenols is 1. The number of fused-ring (bicyclic) bond motifs is 4. The third-order valence-electron chi connectivity index (χ3n) is 10.8. The molecule has 1 heterocycles. The number of nitrogens with zero attached hydrogens (tertiary/aromatic N) is 1. The second-order valence-corrected chi connectivity index (χ2v) is 13.6. The number of imide groups is 1. The number of amides is 2. The van der Waals surface area contributed by atoms with Crippen molar-refractivity contribution in [2.24, 2.45) is 23.7 Å². The molecule has 0 aromatic heterocycles. The van der Waals surface area contributed by atoms with Crippen molar-refractivity contribution in [3.05, 3.63) is 112 Å². The highest BCUT2D eigenvalue weighted by Gasteiger charge is 2.65. The van der Waals surface area contributed by atoms with E-state index in [1.54, 1.807) is 36.4 Å². The van der Waals surface area contributed by atoms with Gasteiger partial charge < -0.3 is 14.9 Å². The molecule has 250 valence electrons. The van der Waals surface area contributed by atoms with Crippen LogP contribution in [0.1, 0.15) is 48.3 Å². The van der Waals surface area contributed by atoms with Crippen LogP contribution in [0.3, 0.4) is 0 Å². The summed E-state index contributed by atoms with van der Waals surface area (Å²) in [4.78, 5) is 70.2. The number of Topliss-reactive ketones (excluding diaryl/α,β-unsaturated/α-hetero) is 1. The lowest BCUT2D eigenvalue weighted by atomic mass is 9.44. The first-order valence-corrected chi connectivity index (χ1v) is 16.7. The number of carboxylic acid groups (broad SMARTS) is 1. The van der Waals surface area contributed by atoms with E-state index in [1.165, 1.54) is 18.1 Å². The molecule has 4 aliphatic rings. The number of allylic oxidation sites excluding steroid dienone is 4. The molecule has 2 N–H and O–H groups in total. The van der Waals surface area contributed by atoms with Gasteiger partial charge in [-0.15, -0.1) is 0 Å². The highest BCUT2D eigenvalue weighted by atomic mass is 35.5. The molecular formula is C39H34ClNO8. The first kappa shape index (κ1) is 32.5. The zero-order valence-electron chi connectivity index (χ0n) is 26.7. The summed E-state index contributed by atoms with van der Waals surface area (Å²) in [6, 6.07) is 21.4. The van der Waals surface area contributed by atoms with Gasteiger partial charge in [0.15, 0.2) is 23.1 Å². The fraction of sp³-hybridized carbons (Fsp3) is 0.308. The lowest BCUT2D eigenvalue weighted by Crippen LogP contribution is -2.58. The van der Waals surface area contributed by atoms with E-state index in [1.807, 2.05) is 42.5 Å². The molecule has 0 unspecified atom stereocenters. The Labute approximate surface area is 287 Å². The summed E-state index contributed by atoms with van der Waals surface area (Å²) in [7, 11) is 1.39. The van der Waals surface area contributed by atoms with Crippen LogP contribution in [0.2, 0.25) is 5.02 Å². The van der Waals surface area contributed by atoms with Crippen LogP contribution >= 0.6 is 11.6 Å². The van der Waals surface area contributed by atoms with E-state index in [2.05, 4.69) is 0 Å². The number of hydrogen-bond donors (Lipinski definition) is 2. The van der Waals surface area contributed by atoms with Crippen LogP contribution in [0.4, 0.5) is 0 Å². The number of carboxylic acids is 1. The maximum Gasteiger partial charge on any atom is 0.303 e. The topological polar surface area (TPSA) is 138 Å². The number of benzene rings is 3. The maximum atomic E-state index is 15.1. The minimum Gasteiger partial charge on any atom is -0.503 e. The zero-order valence-corrected chi connectivity index (χ0v) is 27.4. The Kier molecular flexibility index (Phi) is 8.27. The number of likely N-dealkylation sites (tertiary alicyclic amines) is 1. The number of methoxy groups -OCH3 is 1. The van der Waals surface area contributed by atoms with Crippen molar-refractivity contribution in [1.82, 2.24) is 4.90 Å². The predicted molar refractivity (Wildman–Crippen MR) is 180 cm³/mol. The van der Waals surface area contributed by atoms with Crippen molar-refractivity contribution in [2.75, 3.05) is 13.7 Å².